The molecule has 0 fully saturated rings. The fourth-order valence-corrected chi connectivity index (χ4v) is 6.09. The molecule has 5 aromatic rings. The zero-order valence-electron chi connectivity index (χ0n) is 27.6. The molecule has 4 aromatic carbocycles. The number of unbranched alkanes of at least 4 members (excludes halogenated alkanes) is 6. The molecule has 0 spiro atoms. The summed E-state index contributed by atoms with van der Waals surface area (Å²) in [6.45, 7) is 1.80. The Morgan fingerprint density at radius 3 is 2.22 bits per heavy atom. The number of aliphatic hydroxyl groups excluding tert-OH is 1. The second-order valence-electron chi connectivity index (χ2n) is 12.3. The van der Waals surface area contributed by atoms with Gasteiger partial charge in [-0.2, -0.15) is 0 Å². The molecule has 0 aliphatic carbocycles. The van der Waals surface area contributed by atoms with Crippen LogP contribution in [0, 0.1) is 0 Å². The van der Waals surface area contributed by atoms with E-state index in [4.69, 9.17) is 4.74 Å². The lowest BCUT2D eigenvalue weighted by Crippen LogP contribution is -2.27. The summed E-state index contributed by atoms with van der Waals surface area (Å²) in [5, 5.41) is 36.9. The van der Waals surface area contributed by atoms with E-state index in [1.54, 1.807) is 12.1 Å². The molecular weight excluding hydrogens is 618 g/mol. The summed E-state index contributed by atoms with van der Waals surface area (Å²) in [5.41, 5.74) is 4.56. The first kappa shape index (κ1) is 35.2. The number of carboxylic acid groups (broad SMARTS) is 1. The molecule has 1 heterocycles. The van der Waals surface area contributed by atoms with E-state index in [1.807, 2.05) is 78.9 Å². The molecule has 0 saturated carbocycles. The third kappa shape index (κ3) is 10.2. The Hall–Kier alpha value is -5.12. The lowest BCUT2D eigenvalue weighted by Gasteiger charge is -2.19. The quantitative estimate of drug-likeness (QED) is 0.0528. The van der Waals surface area contributed by atoms with Crippen molar-refractivity contribution in [3.8, 4) is 22.6 Å². The van der Waals surface area contributed by atoms with Crippen LogP contribution in [0.2, 0.25) is 0 Å². The zero-order chi connectivity index (χ0) is 34.4. The Morgan fingerprint density at radius 1 is 0.755 bits per heavy atom. The number of phenols is 1. The molecule has 0 radical (unpaired) electrons. The lowest BCUT2D eigenvalue weighted by atomic mass is 9.96. The molecule has 1 amide bonds. The van der Waals surface area contributed by atoms with E-state index in [0.717, 1.165) is 79.5 Å². The number of aromatic hydroxyl groups is 1. The number of aromatic nitrogens is 1. The number of pyridine rings is 1. The number of carbonyl (C=O) groups is 1. The van der Waals surface area contributed by atoms with E-state index >= 15 is 0 Å². The lowest BCUT2D eigenvalue weighted by molar-refractivity contribution is 0.176. The average molecular weight is 664 g/mol. The highest BCUT2D eigenvalue weighted by Crippen LogP contribution is 2.29. The molecule has 0 saturated heterocycles. The minimum Gasteiger partial charge on any atom is -0.506 e. The van der Waals surface area contributed by atoms with Crippen LogP contribution >= 0.6 is 0 Å². The van der Waals surface area contributed by atoms with Crippen molar-refractivity contribution >= 4 is 17.0 Å². The van der Waals surface area contributed by atoms with Crippen molar-refractivity contribution in [1.82, 2.24) is 15.6 Å². The Morgan fingerprint density at radius 2 is 1.47 bits per heavy atom. The number of aromatic amines is 1. The molecule has 1 aromatic heterocycles. The van der Waals surface area contributed by atoms with Gasteiger partial charge in [-0.15, -0.1) is 0 Å². The molecule has 49 heavy (non-hydrogen) atoms. The monoisotopic (exact) mass is 663 g/mol. The van der Waals surface area contributed by atoms with Crippen molar-refractivity contribution in [2.75, 3.05) is 19.7 Å². The summed E-state index contributed by atoms with van der Waals surface area (Å²) in [6.07, 6.45) is 5.75. The van der Waals surface area contributed by atoms with Gasteiger partial charge >= 0.3 is 6.09 Å². The molecule has 9 nitrogen and oxygen atoms in total. The summed E-state index contributed by atoms with van der Waals surface area (Å²) in [6, 6.07) is 31.3. The molecule has 0 bridgehead atoms. The molecule has 5 rings (SSSR count). The largest absolute Gasteiger partial charge is 0.506 e. The first-order valence-corrected chi connectivity index (χ1v) is 17.0. The van der Waals surface area contributed by atoms with Crippen molar-refractivity contribution in [3.05, 3.63) is 130 Å². The Bertz CT molecular complexity index is 1840. The first-order valence-electron chi connectivity index (χ1n) is 17.0. The van der Waals surface area contributed by atoms with Gasteiger partial charge < -0.3 is 35.7 Å². The normalized spacial score (nSPS) is 12.4. The van der Waals surface area contributed by atoms with Gasteiger partial charge in [0, 0.05) is 18.0 Å². The van der Waals surface area contributed by atoms with Crippen LogP contribution in [-0.2, 0) is 0 Å². The Balaban J connectivity index is 0.970. The van der Waals surface area contributed by atoms with Crippen LogP contribution in [0.3, 0.4) is 0 Å². The number of hydrogen-bond donors (Lipinski definition) is 6. The van der Waals surface area contributed by atoms with Gasteiger partial charge in [-0.1, -0.05) is 105 Å². The zero-order valence-corrected chi connectivity index (χ0v) is 27.6. The van der Waals surface area contributed by atoms with Gasteiger partial charge in [-0.05, 0) is 71.5 Å². The number of H-pyrrole nitrogens is 1. The van der Waals surface area contributed by atoms with Gasteiger partial charge in [-0.3, -0.25) is 4.79 Å². The van der Waals surface area contributed by atoms with Crippen LogP contribution in [0.4, 0.5) is 4.79 Å². The third-order valence-corrected chi connectivity index (χ3v) is 8.68. The van der Waals surface area contributed by atoms with Crippen LogP contribution in [0.25, 0.3) is 22.0 Å². The number of nitrogens with one attached hydrogen (secondary N) is 3. The SMILES string of the molecule is O=C(O)NC(c1ccc(-c2ccccc2)cc1)c1cccc(OCCCCCCCCCNCC(O)c2ccc(O)c3[nH]c(=O)ccc23)c1. The van der Waals surface area contributed by atoms with Crippen molar-refractivity contribution in [3.63, 3.8) is 0 Å². The van der Waals surface area contributed by atoms with Crippen molar-refractivity contribution in [2.45, 2.75) is 57.1 Å². The number of benzene rings is 4. The molecule has 6 N–H and O–H groups in total. The van der Waals surface area contributed by atoms with Crippen LogP contribution in [0.1, 0.15) is 73.8 Å². The molecule has 2 unspecified atom stereocenters. The van der Waals surface area contributed by atoms with E-state index in [2.05, 4.69) is 15.6 Å². The smallest absolute Gasteiger partial charge is 0.405 e. The molecule has 9 heteroatoms. The van der Waals surface area contributed by atoms with E-state index in [0.29, 0.717) is 29.6 Å². The molecule has 0 aliphatic heterocycles. The highest BCUT2D eigenvalue weighted by molar-refractivity contribution is 5.87. The predicted octanol–water partition coefficient (Wildman–Crippen LogP) is 7.69. The van der Waals surface area contributed by atoms with Crippen LogP contribution in [0.5, 0.6) is 11.5 Å². The fourth-order valence-electron chi connectivity index (χ4n) is 6.09. The van der Waals surface area contributed by atoms with E-state index in [9.17, 15) is 24.9 Å². The van der Waals surface area contributed by atoms with Gasteiger partial charge in [0.25, 0.3) is 0 Å². The second kappa shape index (κ2) is 17.9. The highest BCUT2D eigenvalue weighted by atomic mass is 16.5. The van der Waals surface area contributed by atoms with E-state index < -0.39 is 18.2 Å². The second-order valence-corrected chi connectivity index (χ2v) is 12.3. The molecule has 0 aliphatic rings. The molecular formula is C40H45N3O6. The number of fused-ring (bicyclic) bond motifs is 1. The minimum atomic E-state index is -1.08. The highest BCUT2D eigenvalue weighted by Gasteiger charge is 2.18. The minimum absolute atomic E-state index is 0.0166. The van der Waals surface area contributed by atoms with E-state index in [-0.39, 0.29) is 11.3 Å². The van der Waals surface area contributed by atoms with Gasteiger partial charge in [0.2, 0.25) is 5.56 Å². The average Bonchev–Trinajstić information content (AvgIpc) is 3.12. The summed E-state index contributed by atoms with van der Waals surface area (Å²) < 4.78 is 6.04. The van der Waals surface area contributed by atoms with Crippen LogP contribution in [-0.4, -0.2) is 46.1 Å². The fraction of sp³-hybridized carbons (Fsp3) is 0.300. The summed E-state index contributed by atoms with van der Waals surface area (Å²) in [4.78, 5) is 25.9. The van der Waals surface area contributed by atoms with Gasteiger partial charge in [0.05, 0.1) is 24.3 Å². The van der Waals surface area contributed by atoms with Gasteiger partial charge in [0.15, 0.2) is 0 Å². The number of rotatable bonds is 18. The maximum Gasteiger partial charge on any atom is 0.405 e. The number of phenolic OH excluding ortho intramolecular Hbond substituents is 1. The van der Waals surface area contributed by atoms with Crippen molar-refractivity contribution in [2.24, 2.45) is 0 Å². The number of aliphatic hydroxyl groups is 1. The van der Waals surface area contributed by atoms with Gasteiger partial charge in [0.1, 0.15) is 11.5 Å². The number of ether oxygens (including phenoxy) is 1. The maximum atomic E-state index is 11.7. The van der Waals surface area contributed by atoms with Crippen molar-refractivity contribution in [1.29, 1.82) is 0 Å². The van der Waals surface area contributed by atoms with Crippen LogP contribution < -0.4 is 20.9 Å². The number of hydrogen-bond acceptors (Lipinski definition) is 6. The number of amides is 1. The van der Waals surface area contributed by atoms with Crippen molar-refractivity contribution < 1.29 is 24.9 Å². The van der Waals surface area contributed by atoms with Gasteiger partial charge in [-0.25, -0.2) is 4.79 Å². The summed E-state index contributed by atoms with van der Waals surface area (Å²) >= 11 is 0. The topological polar surface area (TPSA) is 144 Å². The molecule has 256 valence electrons. The van der Waals surface area contributed by atoms with Crippen LogP contribution in [0.15, 0.2) is 108 Å². The first-order chi connectivity index (χ1) is 23.9. The maximum absolute atomic E-state index is 11.7. The standard InChI is InChI=1S/C40H45N3O6/c44-35-22-20-33(34-21-23-37(46)42-39(34)35)36(45)27-41-24-9-4-2-1-3-5-10-25-49-32-15-11-14-31(26-32)38(43-40(47)48)30-18-16-29(17-19-30)28-12-7-6-8-13-28/h6-8,11-23,26,36,38,41,43-45H,1-5,9-10,24-25,27H2,(H,42,46)(H,47,48). The summed E-state index contributed by atoms with van der Waals surface area (Å²) in [5.74, 6) is 0.707. The summed E-state index contributed by atoms with van der Waals surface area (Å²) in [7, 11) is 0. The molecule has 2 atom stereocenters. The third-order valence-electron chi connectivity index (χ3n) is 8.68. The predicted molar refractivity (Wildman–Crippen MR) is 193 cm³/mol. The Kier molecular flexibility index (Phi) is 12.8. The van der Waals surface area contributed by atoms with E-state index in [1.165, 1.54) is 12.1 Å². The Labute approximate surface area is 286 Å².